The van der Waals surface area contributed by atoms with E-state index in [9.17, 15) is 4.79 Å². The fourth-order valence-electron chi connectivity index (χ4n) is 2.85. The Hall–Kier alpha value is -2.04. The second kappa shape index (κ2) is 5.76. The Morgan fingerprint density at radius 2 is 2.43 bits per heavy atom. The van der Waals surface area contributed by atoms with Gasteiger partial charge >= 0.3 is 0 Å². The third-order valence-electron chi connectivity index (χ3n) is 4.13. The van der Waals surface area contributed by atoms with Gasteiger partial charge in [-0.3, -0.25) is 4.79 Å². The van der Waals surface area contributed by atoms with Gasteiger partial charge in [-0.15, -0.1) is 0 Å². The Balaban J connectivity index is 1.58. The van der Waals surface area contributed by atoms with Crippen LogP contribution in [0, 0.1) is 12.8 Å². The lowest BCUT2D eigenvalue weighted by molar-refractivity contribution is 0.0914. The van der Waals surface area contributed by atoms with E-state index in [-0.39, 0.29) is 5.91 Å². The SMILES string of the molecule is CCc1cc(C)c(C(=O)NCC2CCn3ccnc3C2)o1. The van der Waals surface area contributed by atoms with Crippen LogP contribution in [0.25, 0.3) is 0 Å². The predicted molar refractivity (Wildman–Crippen MR) is 79.2 cm³/mol. The molecular formula is C16H21N3O2. The molecule has 1 amide bonds. The summed E-state index contributed by atoms with van der Waals surface area (Å²) < 4.78 is 7.76. The van der Waals surface area contributed by atoms with E-state index >= 15 is 0 Å². The summed E-state index contributed by atoms with van der Waals surface area (Å²) in [4.78, 5) is 16.6. The molecule has 0 radical (unpaired) electrons. The number of amides is 1. The highest BCUT2D eigenvalue weighted by molar-refractivity contribution is 5.92. The molecule has 1 unspecified atom stereocenters. The van der Waals surface area contributed by atoms with Crippen molar-refractivity contribution >= 4 is 5.91 Å². The molecule has 1 N–H and O–H groups in total. The number of carbonyl (C=O) groups excluding carboxylic acids is 1. The van der Waals surface area contributed by atoms with Gasteiger partial charge in [-0.25, -0.2) is 4.98 Å². The minimum Gasteiger partial charge on any atom is -0.456 e. The van der Waals surface area contributed by atoms with E-state index in [0.717, 1.165) is 43.0 Å². The highest BCUT2D eigenvalue weighted by Crippen LogP contribution is 2.19. The molecule has 0 spiro atoms. The Labute approximate surface area is 124 Å². The lowest BCUT2D eigenvalue weighted by atomic mass is 9.98. The largest absolute Gasteiger partial charge is 0.456 e. The van der Waals surface area contributed by atoms with Crippen molar-refractivity contribution in [2.75, 3.05) is 6.54 Å². The third-order valence-corrected chi connectivity index (χ3v) is 4.13. The van der Waals surface area contributed by atoms with Gasteiger partial charge in [-0.1, -0.05) is 6.92 Å². The van der Waals surface area contributed by atoms with E-state index in [4.69, 9.17) is 4.42 Å². The zero-order valence-electron chi connectivity index (χ0n) is 12.6. The van der Waals surface area contributed by atoms with E-state index in [1.54, 1.807) is 0 Å². The van der Waals surface area contributed by atoms with Gasteiger partial charge in [0.05, 0.1) is 0 Å². The van der Waals surface area contributed by atoms with Crippen LogP contribution in [0.1, 0.15) is 41.0 Å². The lowest BCUT2D eigenvalue weighted by Crippen LogP contribution is -2.33. The molecule has 0 fully saturated rings. The van der Waals surface area contributed by atoms with Gasteiger partial charge in [-0.2, -0.15) is 0 Å². The molecule has 1 aliphatic heterocycles. The van der Waals surface area contributed by atoms with Crippen molar-refractivity contribution < 1.29 is 9.21 Å². The highest BCUT2D eigenvalue weighted by Gasteiger charge is 2.21. The average molecular weight is 287 g/mol. The van der Waals surface area contributed by atoms with Crippen molar-refractivity contribution in [1.82, 2.24) is 14.9 Å². The summed E-state index contributed by atoms with van der Waals surface area (Å²) in [6.07, 6.45) is 6.66. The standard InChI is InChI=1S/C16H21N3O2/c1-3-13-8-11(2)15(21-13)16(20)18-10-12-4-6-19-7-5-17-14(19)9-12/h5,7-8,12H,3-4,6,9-10H2,1-2H3,(H,18,20). The first kappa shape index (κ1) is 13.9. The van der Waals surface area contributed by atoms with Crippen LogP contribution in [0.3, 0.4) is 0 Å². The predicted octanol–water partition coefficient (Wildman–Crippen LogP) is 2.34. The van der Waals surface area contributed by atoms with Crippen LogP contribution in [0.5, 0.6) is 0 Å². The number of aryl methyl sites for hydroxylation is 3. The number of hydrogen-bond acceptors (Lipinski definition) is 3. The second-order valence-corrected chi connectivity index (χ2v) is 5.68. The molecule has 1 aliphatic rings. The quantitative estimate of drug-likeness (QED) is 0.939. The number of carbonyl (C=O) groups is 1. The maximum absolute atomic E-state index is 12.2. The molecule has 5 nitrogen and oxygen atoms in total. The van der Waals surface area contributed by atoms with Gasteiger partial charge in [0.15, 0.2) is 5.76 Å². The van der Waals surface area contributed by atoms with Crippen LogP contribution in [-0.4, -0.2) is 22.0 Å². The zero-order valence-corrected chi connectivity index (χ0v) is 12.6. The van der Waals surface area contributed by atoms with Gasteiger partial charge in [0.25, 0.3) is 5.91 Å². The fourth-order valence-corrected chi connectivity index (χ4v) is 2.85. The van der Waals surface area contributed by atoms with Crippen molar-refractivity contribution in [3.63, 3.8) is 0 Å². The van der Waals surface area contributed by atoms with Gasteiger partial charge in [-0.05, 0) is 25.3 Å². The van der Waals surface area contributed by atoms with Gasteiger partial charge in [0.2, 0.25) is 0 Å². The number of fused-ring (bicyclic) bond motifs is 1. The summed E-state index contributed by atoms with van der Waals surface area (Å²) >= 11 is 0. The molecule has 3 rings (SSSR count). The second-order valence-electron chi connectivity index (χ2n) is 5.68. The summed E-state index contributed by atoms with van der Waals surface area (Å²) in [6, 6.07) is 1.94. The van der Waals surface area contributed by atoms with Crippen molar-refractivity contribution in [1.29, 1.82) is 0 Å². The molecule has 0 saturated heterocycles. The van der Waals surface area contributed by atoms with E-state index in [1.165, 1.54) is 0 Å². The molecule has 1 atom stereocenters. The molecule has 0 aromatic carbocycles. The first-order chi connectivity index (χ1) is 10.2. The van der Waals surface area contributed by atoms with Crippen LogP contribution in [0.4, 0.5) is 0 Å². The topological polar surface area (TPSA) is 60.1 Å². The van der Waals surface area contributed by atoms with Gasteiger partial charge in [0, 0.05) is 43.9 Å². The number of rotatable bonds is 4. The number of aromatic nitrogens is 2. The van der Waals surface area contributed by atoms with Crippen LogP contribution in [-0.2, 0) is 19.4 Å². The Kier molecular flexibility index (Phi) is 3.82. The number of hydrogen-bond donors (Lipinski definition) is 1. The van der Waals surface area contributed by atoms with Crippen molar-refractivity contribution in [3.05, 3.63) is 41.4 Å². The molecule has 5 heteroatoms. The van der Waals surface area contributed by atoms with E-state index in [0.29, 0.717) is 18.2 Å². The molecule has 2 aromatic rings. The number of nitrogens with one attached hydrogen (secondary N) is 1. The molecule has 112 valence electrons. The number of imidazole rings is 1. The van der Waals surface area contributed by atoms with Crippen LogP contribution in [0.15, 0.2) is 22.9 Å². The van der Waals surface area contributed by atoms with E-state index in [1.807, 2.05) is 32.3 Å². The maximum atomic E-state index is 12.2. The van der Waals surface area contributed by atoms with Crippen LogP contribution in [0.2, 0.25) is 0 Å². The molecular weight excluding hydrogens is 266 g/mol. The first-order valence-corrected chi connectivity index (χ1v) is 7.55. The summed E-state index contributed by atoms with van der Waals surface area (Å²) in [5, 5.41) is 3.00. The van der Waals surface area contributed by atoms with Crippen LogP contribution < -0.4 is 5.32 Å². The minimum atomic E-state index is -0.110. The summed E-state index contributed by atoms with van der Waals surface area (Å²) in [7, 11) is 0. The molecule has 2 aromatic heterocycles. The monoisotopic (exact) mass is 287 g/mol. The smallest absolute Gasteiger partial charge is 0.287 e. The van der Waals surface area contributed by atoms with Crippen molar-refractivity contribution in [2.24, 2.45) is 5.92 Å². The Morgan fingerprint density at radius 3 is 3.19 bits per heavy atom. The van der Waals surface area contributed by atoms with Crippen LogP contribution >= 0.6 is 0 Å². The maximum Gasteiger partial charge on any atom is 0.287 e. The zero-order chi connectivity index (χ0) is 14.8. The lowest BCUT2D eigenvalue weighted by Gasteiger charge is -2.23. The van der Waals surface area contributed by atoms with Crippen molar-refractivity contribution in [3.8, 4) is 0 Å². The number of furan rings is 1. The van der Waals surface area contributed by atoms with Gasteiger partial charge < -0.3 is 14.3 Å². The minimum absolute atomic E-state index is 0.110. The molecule has 0 saturated carbocycles. The molecule has 21 heavy (non-hydrogen) atoms. The first-order valence-electron chi connectivity index (χ1n) is 7.55. The Bertz CT molecular complexity index is 642. The molecule has 0 aliphatic carbocycles. The third kappa shape index (κ3) is 2.86. The normalized spacial score (nSPS) is 17.5. The molecule has 3 heterocycles. The summed E-state index contributed by atoms with van der Waals surface area (Å²) in [5.41, 5.74) is 0.906. The fraction of sp³-hybridized carbons (Fsp3) is 0.500. The summed E-state index contributed by atoms with van der Waals surface area (Å²) in [5.74, 6) is 2.76. The van der Waals surface area contributed by atoms with E-state index < -0.39 is 0 Å². The number of nitrogens with zero attached hydrogens (tertiary/aromatic N) is 2. The highest BCUT2D eigenvalue weighted by atomic mass is 16.4. The van der Waals surface area contributed by atoms with Gasteiger partial charge in [0.1, 0.15) is 11.6 Å². The summed E-state index contributed by atoms with van der Waals surface area (Å²) in [6.45, 7) is 5.59. The average Bonchev–Trinajstić information content (AvgIpc) is 3.10. The Morgan fingerprint density at radius 1 is 1.57 bits per heavy atom. The van der Waals surface area contributed by atoms with E-state index in [2.05, 4.69) is 14.9 Å². The molecule has 0 bridgehead atoms. The van der Waals surface area contributed by atoms with Crippen molar-refractivity contribution in [2.45, 2.75) is 39.7 Å².